The number of rotatable bonds is 14. The van der Waals surface area contributed by atoms with Crippen LogP contribution < -0.4 is 15.4 Å². The molecule has 1 aromatic rings. The Hall–Kier alpha value is -2.36. The van der Waals surface area contributed by atoms with Gasteiger partial charge in [0, 0.05) is 31.7 Å². The Kier molecular flexibility index (Phi) is 10.6. The van der Waals surface area contributed by atoms with Crippen molar-refractivity contribution in [1.82, 2.24) is 15.3 Å². The molecule has 0 radical (unpaired) electrons. The number of hydrazine groups is 1. The largest absolute Gasteiger partial charge is 0.494 e. The van der Waals surface area contributed by atoms with Crippen LogP contribution in [0.5, 0.6) is 5.75 Å². The van der Waals surface area contributed by atoms with E-state index >= 15 is 0 Å². The zero-order chi connectivity index (χ0) is 22.6. The van der Waals surface area contributed by atoms with E-state index in [-0.39, 0.29) is 12.3 Å². The molecule has 2 atom stereocenters. The van der Waals surface area contributed by atoms with E-state index in [9.17, 15) is 14.7 Å². The highest BCUT2D eigenvalue weighted by molar-refractivity contribution is 5.84. The Labute approximate surface area is 184 Å². The first-order valence-corrected chi connectivity index (χ1v) is 11.1. The molecular formula is C22H36N4O5. The molecule has 1 saturated heterocycles. The zero-order valence-electron chi connectivity index (χ0n) is 18.5. The molecule has 1 fully saturated rings. The van der Waals surface area contributed by atoms with Crippen LogP contribution in [0.15, 0.2) is 24.3 Å². The summed E-state index contributed by atoms with van der Waals surface area (Å²) >= 11 is 0. The van der Waals surface area contributed by atoms with Gasteiger partial charge in [-0.1, -0.05) is 0 Å². The van der Waals surface area contributed by atoms with Crippen molar-refractivity contribution in [1.29, 1.82) is 0 Å². The second-order valence-electron chi connectivity index (χ2n) is 7.75. The molecule has 1 aromatic carbocycles. The molecule has 31 heavy (non-hydrogen) atoms. The van der Waals surface area contributed by atoms with E-state index in [2.05, 4.69) is 15.6 Å². The molecule has 9 nitrogen and oxygen atoms in total. The number of likely N-dealkylation sites (N-methyl/N-ethyl adjacent to an activating group) is 1. The van der Waals surface area contributed by atoms with Crippen LogP contribution in [-0.4, -0.2) is 77.2 Å². The van der Waals surface area contributed by atoms with Gasteiger partial charge in [0.15, 0.2) is 6.17 Å². The standard InChI is InChI=1S/C22H36N4O5/c1-3-26(25-14-4-5-15-25)22(30)21(23-13-12-17(2)27)24-18-8-10-19(11-9-18)31-16-6-7-20(28)29/h8-11,17,21,23-24,27H,3-7,12-16H2,1-2H3,(H,28,29). The second kappa shape index (κ2) is 13.1. The van der Waals surface area contributed by atoms with Crippen LogP contribution in [-0.2, 0) is 9.59 Å². The van der Waals surface area contributed by atoms with Gasteiger partial charge in [0.1, 0.15) is 5.75 Å². The van der Waals surface area contributed by atoms with Crippen LogP contribution in [0.1, 0.15) is 46.0 Å². The molecule has 1 aliphatic rings. The minimum absolute atomic E-state index is 0.0519. The van der Waals surface area contributed by atoms with Gasteiger partial charge in [-0.25, -0.2) is 5.01 Å². The Morgan fingerprint density at radius 1 is 1.23 bits per heavy atom. The summed E-state index contributed by atoms with van der Waals surface area (Å²) in [6.45, 7) is 6.90. The summed E-state index contributed by atoms with van der Waals surface area (Å²) in [6, 6.07) is 7.24. The van der Waals surface area contributed by atoms with Crippen LogP contribution in [0.3, 0.4) is 0 Å². The van der Waals surface area contributed by atoms with Crippen LogP contribution in [0.4, 0.5) is 5.69 Å². The number of hydrogen-bond acceptors (Lipinski definition) is 7. The SMILES string of the molecule is CCN(C(=O)C(NCCC(C)O)Nc1ccc(OCCCC(=O)O)cc1)N1CCCC1. The van der Waals surface area contributed by atoms with Crippen molar-refractivity contribution >= 4 is 17.6 Å². The maximum Gasteiger partial charge on any atom is 0.303 e. The first-order chi connectivity index (χ1) is 14.9. The predicted octanol–water partition coefficient (Wildman–Crippen LogP) is 1.89. The second-order valence-corrected chi connectivity index (χ2v) is 7.75. The maximum absolute atomic E-state index is 13.3. The van der Waals surface area contributed by atoms with Gasteiger partial charge in [-0.2, -0.15) is 0 Å². The van der Waals surface area contributed by atoms with Crippen molar-refractivity contribution in [2.45, 2.75) is 58.2 Å². The number of ether oxygens (including phenoxy) is 1. The van der Waals surface area contributed by atoms with Crippen molar-refractivity contribution in [2.75, 3.05) is 38.1 Å². The molecular weight excluding hydrogens is 400 g/mol. The number of aliphatic hydroxyl groups excluding tert-OH is 1. The molecule has 1 amide bonds. The molecule has 1 heterocycles. The molecule has 2 unspecified atom stereocenters. The third kappa shape index (κ3) is 8.72. The summed E-state index contributed by atoms with van der Waals surface area (Å²) in [7, 11) is 0. The average molecular weight is 437 g/mol. The summed E-state index contributed by atoms with van der Waals surface area (Å²) in [5, 5.41) is 28.6. The monoisotopic (exact) mass is 436 g/mol. The molecule has 174 valence electrons. The molecule has 0 aliphatic carbocycles. The fourth-order valence-electron chi connectivity index (χ4n) is 3.45. The van der Waals surface area contributed by atoms with Crippen molar-refractivity contribution in [3.63, 3.8) is 0 Å². The number of carboxylic acids is 1. The zero-order valence-corrected chi connectivity index (χ0v) is 18.5. The highest BCUT2D eigenvalue weighted by Crippen LogP contribution is 2.18. The lowest BCUT2D eigenvalue weighted by molar-refractivity contribution is -0.148. The minimum Gasteiger partial charge on any atom is -0.494 e. The number of carbonyl (C=O) groups excluding carboxylic acids is 1. The lowest BCUT2D eigenvalue weighted by Crippen LogP contribution is -2.56. The number of hydrogen-bond donors (Lipinski definition) is 4. The average Bonchev–Trinajstić information content (AvgIpc) is 3.26. The number of carboxylic acid groups (broad SMARTS) is 1. The van der Waals surface area contributed by atoms with Gasteiger partial charge in [-0.3, -0.25) is 19.9 Å². The molecule has 0 saturated carbocycles. The predicted molar refractivity (Wildman–Crippen MR) is 119 cm³/mol. The number of carbonyl (C=O) groups is 2. The number of amides is 1. The van der Waals surface area contributed by atoms with E-state index in [0.29, 0.717) is 38.3 Å². The number of aliphatic carboxylic acids is 1. The van der Waals surface area contributed by atoms with E-state index in [0.717, 1.165) is 31.6 Å². The third-order valence-corrected chi connectivity index (χ3v) is 5.10. The Balaban J connectivity index is 1.98. The van der Waals surface area contributed by atoms with Gasteiger partial charge in [0.2, 0.25) is 0 Å². The highest BCUT2D eigenvalue weighted by Gasteiger charge is 2.29. The van der Waals surface area contributed by atoms with Crippen LogP contribution in [0.2, 0.25) is 0 Å². The van der Waals surface area contributed by atoms with E-state index in [4.69, 9.17) is 9.84 Å². The molecule has 0 bridgehead atoms. The fraction of sp³-hybridized carbons (Fsp3) is 0.636. The Bertz CT molecular complexity index is 677. The summed E-state index contributed by atoms with van der Waals surface area (Å²) in [5.41, 5.74) is 0.762. The molecule has 0 spiro atoms. The van der Waals surface area contributed by atoms with Gasteiger partial charge >= 0.3 is 5.97 Å². The number of benzene rings is 1. The van der Waals surface area contributed by atoms with Crippen molar-refractivity contribution in [2.24, 2.45) is 0 Å². The molecule has 1 aliphatic heterocycles. The Morgan fingerprint density at radius 3 is 2.48 bits per heavy atom. The van der Waals surface area contributed by atoms with Crippen LogP contribution >= 0.6 is 0 Å². The van der Waals surface area contributed by atoms with E-state index < -0.39 is 18.2 Å². The molecule has 4 N–H and O–H groups in total. The van der Waals surface area contributed by atoms with Gasteiger partial charge in [-0.15, -0.1) is 0 Å². The minimum atomic E-state index is -0.836. The Morgan fingerprint density at radius 2 is 1.90 bits per heavy atom. The van der Waals surface area contributed by atoms with E-state index in [1.54, 1.807) is 24.1 Å². The van der Waals surface area contributed by atoms with Crippen molar-refractivity contribution < 1.29 is 24.5 Å². The first kappa shape index (κ1) is 24.9. The van der Waals surface area contributed by atoms with E-state index in [1.807, 2.05) is 19.1 Å². The smallest absolute Gasteiger partial charge is 0.303 e. The summed E-state index contributed by atoms with van der Waals surface area (Å²) in [6.07, 6.45) is 2.18. The summed E-state index contributed by atoms with van der Waals surface area (Å²) in [5.74, 6) is -0.242. The summed E-state index contributed by atoms with van der Waals surface area (Å²) in [4.78, 5) is 23.8. The third-order valence-electron chi connectivity index (χ3n) is 5.10. The summed E-state index contributed by atoms with van der Waals surface area (Å²) < 4.78 is 5.56. The number of nitrogens with one attached hydrogen (secondary N) is 2. The topological polar surface area (TPSA) is 114 Å². The van der Waals surface area contributed by atoms with Gasteiger partial charge in [-0.05, 0) is 70.3 Å². The number of nitrogens with zero attached hydrogens (tertiary/aromatic N) is 2. The maximum atomic E-state index is 13.3. The first-order valence-electron chi connectivity index (χ1n) is 11.1. The van der Waals surface area contributed by atoms with Crippen molar-refractivity contribution in [3.05, 3.63) is 24.3 Å². The van der Waals surface area contributed by atoms with E-state index in [1.165, 1.54) is 0 Å². The fourth-order valence-corrected chi connectivity index (χ4v) is 3.45. The van der Waals surface area contributed by atoms with Gasteiger partial charge in [0.05, 0.1) is 12.7 Å². The van der Waals surface area contributed by atoms with Gasteiger partial charge in [0.25, 0.3) is 5.91 Å². The lowest BCUT2D eigenvalue weighted by atomic mass is 10.2. The van der Waals surface area contributed by atoms with Crippen LogP contribution in [0.25, 0.3) is 0 Å². The quantitative estimate of drug-likeness (QED) is 0.258. The lowest BCUT2D eigenvalue weighted by Gasteiger charge is -2.34. The van der Waals surface area contributed by atoms with Gasteiger partial charge < -0.3 is 20.3 Å². The molecule has 0 aromatic heterocycles. The normalized spacial score (nSPS) is 16.0. The highest BCUT2D eigenvalue weighted by atomic mass is 16.5. The van der Waals surface area contributed by atoms with Crippen molar-refractivity contribution in [3.8, 4) is 5.75 Å². The number of anilines is 1. The molecule has 9 heteroatoms. The number of aliphatic hydroxyl groups is 1. The van der Waals surface area contributed by atoms with Crippen LogP contribution in [0, 0.1) is 0 Å². The molecule has 2 rings (SSSR count).